The summed E-state index contributed by atoms with van der Waals surface area (Å²) in [6.07, 6.45) is 9.23. The lowest BCUT2D eigenvalue weighted by atomic mass is 9.73. The van der Waals surface area contributed by atoms with Crippen LogP contribution in [-0.2, 0) is 4.79 Å². The molecule has 0 heterocycles. The van der Waals surface area contributed by atoms with Gasteiger partial charge < -0.3 is 0 Å². The Morgan fingerprint density at radius 1 is 1.25 bits per heavy atom. The molecule has 0 radical (unpaired) electrons. The van der Waals surface area contributed by atoms with Crippen LogP contribution in [0.2, 0.25) is 0 Å². The molecule has 3 rings (SSSR count). The first-order valence-electron chi connectivity index (χ1n) is 5.07. The van der Waals surface area contributed by atoms with E-state index in [4.69, 9.17) is 0 Å². The fraction of sp³-hybridized carbons (Fsp3) is 0.727. The van der Waals surface area contributed by atoms with Crippen LogP contribution in [0, 0.1) is 23.7 Å². The fourth-order valence-corrected chi connectivity index (χ4v) is 3.47. The number of carbonyl (C=O) groups excluding carboxylic acids is 1. The highest BCUT2D eigenvalue weighted by Gasteiger charge is 2.48. The molecular formula is C11H14O. The lowest BCUT2D eigenvalue weighted by Crippen LogP contribution is -2.31. The van der Waals surface area contributed by atoms with Gasteiger partial charge in [-0.1, -0.05) is 12.2 Å². The number of hydrogen-bond acceptors (Lipinski definition) is 1. The van der Waals surface area contributed by atoms with Crippen LogP contribution >= 0.6 is 0 Å². The van der Waals surface area contributed by atoms with Crippen LogP contribution in [0.15, 0.2) is 12.2 Å². The molecular weight excluding hydrogens is 148 g/mol. The predicted octanol–water partition coefficient (Wildman–Crippen LogP) is 2.18. The zero-order valence-corrected chi connectivity index (χ0v) is 7.20. The maximum Gasteiger partial charge on any atom is 0.136 e. The summed E-state index contributed by atoms with van der Waals surface area (Å²) in [6.45, 7) is 0. The van der Waals surface area contributed by atoms with Gasteiger partial charge in [0.05, 0.1) is 0 Å². The Balaban J connectivity index is 1.97. The second-order valence-electron chi connectivity index (χ2n) is 4.50. The Hall–Kier alpha value is -0.590. The van der Waals surface area contributed by atoms with Gasteiger partial charge in [0.2, 0.25) is 0 Å². The molecule has 64 valence electrons. The van der Waals surface area contributed by atoms with Crippen molar-refractivity contribution in [2.45, 2.75) is 25.7 Å². The van der Waals surface area contributed by atoms with Gasteiger partial charge in [-0.15, -0.1) is 0 Å². The van der Waals surface area contributed by atoms with Gasteiger partial charge in [-0.05, 0) is 37.0 Å². The van der Waals surface area contributed by atoms with Crippen molar-refractivity contribution >= 4 is 5.78 Å². The maximum atomic E-state index is 11.6. The minimum Gasteiger partial charge on any atom is -0.299 e. The van der Waals surface area contributed by atoms with E-state index in [-0.39, 0.29) is 0 Å². The molecule has 0 aliphatic heterocycles. The summed E-state index contributed by atoms with van der Waals surface area (Å²) in [5.74, 6) is 3.13. The first-order chi connectivity index (χ1) is 5.86. The van der Waals surface area contributed by atoms with Crippen LogP contribution in [0.1, 0.15) is 25.7 Å². The summed E-state index contributed by atoms with van der Waals surface area (Å²) in [5, 5.41) is 0. The van der Waals surface area contributed by atoms with E-state index >= 15 is 0 Å². The van der Waals surface area contributed by atoms with Gasteiger partial charge in [-0.25, -0.2) is 0 Å². The van der Waals surface area contributed by atoms with Crippen molar-refractivity contribution in [3.63, 3.8) is 0 Å². The molecule has 0 aromatic rings. The number of fused-ring (bicyclic) bond motifs is 5. The van der Waals surface area contributed by atoms with E-state index in [1.165, 1.54) is 12.8 Å². The summed E-state index contributed by atoms with van der Waals surface area (Å²) in [4.78, 5) is 11.6. The third kappa shape index (κ3) is 0.720. The van der Waals surface area contributed by atoms with Crippen LogP contribution in [0.3, 0.4) is 0 Å². The van der Waals surface area contributed by atoms with Crippen molar-refractivity contribution in [3.8, 4) is 0 Å². The maximum absolute atomic E-state index is 11.6. The van der Waals surface area contributed by atoms with E-state index < -0.39 is 0 Å². The molecule has 2 fully saturated rings. The molecule has 1 unspecified atom stereocenters. The quantitative estimate of drug-likeness (QED) is 0.499. The van der Waals surface area contributed by atoms with Crippen molar-refractivity contribution in [1.82, 2.24) is 0 Å². The van der Waals surface area contributed by atoms with Crippen molar-refractivity contribution in [2.24, 2.45) is 23.7 Å². The lowest BCUT2D eigenvalue weighted by molar-refractivity contribution is -0.127. The summed E-state index contributed by atoms with van der Waals surface area (Å²) in [5.41, 5.74) is 0. The zero-order chi connectivity index (χ0) is 8.13. The third-order valence-electron chi connectivity index (χ3n) is 3.95. The Labute approximate surface area is 72.8 Å². The molecule has 2 saturated carbocycles. The highest BCUT2D eigenvalue weighted by molar-refractivity contribution is 5.83. The minimum absolute atomic E-state index is 0.439. The largest absolute Gasteiger partial charge is 0.299 e. The van der Waals surface area contributed by atoms with Gasteiger partial charge >= 0.3 is 0 Å². The molecule has 4 atom stereocenters. The number of carbonyl (C=O) groups is 1. The summed E-state index contributed by atoms with van der Waals surface area (Å²) in [6, 6.07) is 0. The second kappa shape index (κ2) is 2.21. The predicted molar refractivity (Wildman–Crippen MR) is 46.6 cm³/mol. The standard InChI is InChI=1S/C11H14O/c12-10-3-1-2-9-7-4-5-8(6-7)11(9)10/h4-5,7-9,11H,1-3,6H2/t7-,8-,9?,11+/m1/s1. The smallest absolute Gasteiger partial charge is 0.136 e. The first-order valence-corrected chi connectivity index (χ1v) is 5.07. The van der Waals surface area contributed by atoms with Crippen molar-refractivity contribution in [2.75, 3.05) is 0 Å². The molecule has 12 heavy (non-hydrogen) atoms. The van der Waals surface area contributed by atoms with E-state index in [0.717, 1.165) is 24.7 Å². The van der Waals surface area contributed by atoms with Crippen molar-refractivity contribution < 1.29 is 4.79 Å². The fourth-order valence-electron chi connectivity index (χ4n) is 3.47. The molecule has 0 spiro atoms. The van der Waals surface area contributed by atoms with Crippen LogP contribution in [-0.4, -0.2) is 5.78 Å². The summed E-state index contributed by atoms with van der Waals surface area (Å²) >= 11 is 0. The Bertz CT molecular complexity index is 254. The topological polar surface area (TPSA) is 17.1 Å². The van der Waals surface area contributed by atoms with Gasteiger partial charge in [-0.2, -0.15) is 0 Å². The molecule has 1 nitrogen and oxygen atoms in total. The van der Waals surface area contributed by atoms with E-state index in [0.29, 0.717) is 17.6 Å². The Morgan fingerprint density at radius 3 is 2.92 bits per heavy atom. The lowest BCUT2D eigenvalue weighted by Gasteiger charge is -2.30. The molecule has 3 aliphatic carbocycles. The van der Waals surface area contributed by atoms with Crippen LogP contribution in [0.25, 0.3) is 0 Å². The molecule has 0 saturated heterocycles. The van der Waals surface area contributed by atoms with Crippen LogP contribution in [0.5, 0.6) is 0 Å². The van der Waals surface area contributed by atoms with E-state index in [1.54, 1.807) is 0 Å². The Kier molecular flexibility index (Phi) is 1.27. The van der Waals surface area contributed by atoms with E-state index in [1.807, 2.05) is 0 Å². The summed E-state index contributed by atoms with van der Waals surface area (Å²) in [7, 11) is 0. The molecule has 0 aromatic carbocycles. The number of rotatable bonds is 0. The number of Topliss-reactive ketones (excluding diaryl/α,β-unsaturated/α-hetero) is 1. The average Bonchev–Trinajstić information content (AvgIpc) is 2.64. The molecule has 1 heteroatoms. The molecule has 0 amide bonds. The monoisotopic (exact) mass is 162 g/mol. The van der Waals surface area contributed by atoms with Crippen LogP contribution < -0.4 is 0 Å². The third-order valence-corrected chi connectivity index (χ3v) is 3.95. The number of hydrogen-bond donors (Lipinski definition) is 0. The van der Waals surface area contributed by atoms with Gasteiger partial charge in [0.25, 0.3) is 0 Å². The molecule has 0 aromatic heterocycles. The van der Waals surface area contributed by atoms with E-state index in [9.17, 15) is 4.79 Å². The Morgan fingerprint density at radius 2 is 2.08 bits per heavy atom. The number of ketones is 1. The molecule has 0 N–H and O–H groups in total. The number of allylic oxidation sites excluding steroid dienone is 2. The minimum atomic E-state index is 0.439. The second-order valence-corrected chi connectivity index (χ2v) is 4.50. The summed E-state index contributed by atoms with van der Waals surface area (Å²) < 4.78 is 0. The average molecular weight is 162 g/mol. The highest BCUT2D eigenvalue weighted by atomic mass is 16.1. The van der Waals surface area contributed by atoms with Gasteiger partial charge in [0, 0.05) is 12.3 Å². The first kappa shape index (κ1) is 6.88. The SMILES string of the molecule is O=C1CCCC2[C@@H]3C=C[C@H](C3)[C@H]12. The molecule has 3 aliphatic rings. The molecule has 2 bridgehead atoms. The van der Waals surface area contributed by atoms with E-state index in [2.05, 4.69) is 12.2 Å². The van der Waals surface area contributed by atoms with Gasteiger partial charge in [0.15, 0.2) is 0 Å². The van der Waals surface area contributed by atoms with Crippen LogP contribution in [0.4, 0.5) is 0 Å². The zero-order valence-electron chi connectivity index (χ0n) is 7.20. The highest BCUT2D eigenvalue weighted by Crippen LogP contribution is 2.52. The van der Waals surface area contributed by atoms with Gasteiger partial charge in [-0.3, -0.25) is 4.79 Å². The van der Waals surface area contributed by atoms with Crippen molar-refractivity contribution in [3.05, 3.63) is 12.2 Å². The van der Waals surface area contributed by atoms with Gasteiger partial charge in [0.1, 0.15) is 5.78 Å². The normalized spacial score (nSPS) is 49.8. The van der Waals surface area contributed by atoms with Crippen molar-refractivity contribution in [1.29, 1.82) is 0 Å².